The summed E-state index contributed by atoms with van der Waals surface area (Å²) >= 11 is 0. The Morgan fingerprint density at radius 3 is 2.47 bits per heavy atom. The minimum Gasteiger partial charge on any atom is -0.480 e. The summed E-state index contributed by atoms with van der Waals surface area (Å²) in [5.41, 5.74) is 0. The van der Waals surface area contributed by atoms with E-state index in [1.165, 1.54) is 0 Å². The van der Waals surface area contributed by atoms with Crippen molar-refractivity contribution in [1.82, 2.24) is 4.90 Å². The lowest BCUT2D eigenvalue weighted by molar-refractivity contribution is -0.147. The molecule has 0 saturated carbocycles. The average Bonchev–Trinajstić information content (AvgIpc) is 2.25. The van der Waals surface area contributed by atoms with Crippen LogP contribution in [0.25, 0.3) is 0 Å². The normalized spacial score (nSPS) is 9.18. The Morgan fingerprint density at radius 2 is 2.00 bits per heavy atom. The van der Waals surface area contributed by atoms with Crippen LogP contribution in [-0.2, 0) is 19.1 Å². The van der Waals surface area contributed by atoms with Gasteiger partial charge in [0.05, 0.1) is 19.6 Å². The summed E-state index contributed by atoms with van der Waals surface area (Å²) in [5.74, 6) is 0.0813. The van der Waals surface area contributed by atoms with Gasteiger partial charge in [-0.15, -0.1) is 6.42 Å². The maximum absolute atomic E-state index is 11.5. The number of aliphatic carboxylic acids is 1. The quantitative estimate of drug-likeness (QED) is 0.496. The summed E-state index contributed by atoms with van der Waals surface area (Å²) in [4.78, 5) is 34.0. The second-order valence-corrected chi connectivity index (χ2v) is 3.15. The Bertz CT molecular complexity index is 331. The first-order valence-corrected chi connectivity index (χ1v) is 5.09. The summed E-state index contributed by atoms with van der Waals surface area (Å²) in [6, 6.07) is 0. The van der Waals surface area contributed by atoms with Crippen molar-refractivity contribution >= 4 is 17.8 Å². The summed E-state index contributed by atoms with van der Waals surface area (Å²) in [5, 5.41) is 8.57. The molecule has 1 amide bonds. The van der Waals surface area contributed by atoms with Crippen LogP contribution in [0.15, 0.2) is 0 Å². The van der Waals surface area contributed by atoms with E-state index < -0.39 is 24.4 Å². The largest absolute Gasteiger partial charge is 0.480 e. The molecule has 0 radical (unpaired) electrons. The fourth-order valence-electron chi connectivity index (χ4n) is 1.11. The van der Waals surface area contributed by atoms with Gasteiger partial charge in [0.15, 0.2) is 0 Å². The van der Waals surface area contributed by atoms with E-state index in [9.17, 15) is 14.4 Å². The molecule has 0 aromatic rings. The number of terminal acetylenes is 1. The molecule has 0 aliphatic rings. The van der Waals surface area contributed by atoms with Crippen LogP contribution in [0.2, 0.25) is 0 Å². The molecule has 0 bridgehead atoms. The van der Waals surface area contributed by atoms with Crippen molar-refractivity contribution in [3.05, 3.63) is 0 Å². The molecule has 0 aromatic heterocycles. The number of carbonyl (C=O) groups excluding carboxylic acids is 2. The molecule has 0 fully saturated rings. The van der Waals surface area contributed by atoms with Crippen molar-refractivity contribution in [1.29, 1.82) is 0 Å². The Morgan fingerprint density at radius 1 is 1.35 bits per heavy atom. The third-order valence-electron chi connectivity index (χ3n) is 1.81. The van der Waals surface area contributed by atoms with Gasteiger partial charge < -0.3 is 14.7 Å². The molecule has 0 aliphatic heterocycles. The van der Waals surface area contributed by atoms with E-state index in [0.29, 0.717) is 0 Å². The van der Waals surface area contributed by atoms with Crippen molar-refractivity contribution in [3.8, 4) is 12.3 Å². The number of carboxylic acids is 1. The molecule has 0 aliphatic carbocycles. The highest BCUT2D eigenvalue weighted by molar-refractivity contribution is 5.84. The highest BCUT2D eigenvalue weighted by Gasteiger charge is 2.17. The first-order valence-electron chi connectivity index (χ1n) is 5.09. The standard InChI is InChI=1S/C11H15NO5/c1-3-7-12(8-10(14)15)9(13)5-6-11(16)17-4-2/h1H,4-8H2,2H3,(H,14,15). The van der Waals surface area contributed by atoms with E-state index in [-0.39, 0.29) is 26.0 Å². The second kappa shape index (κ2) is 8.16. The van der Waals surface area contributed by atoms with Crippen LogP contribution in [0.4, 0.5) is 0 Å². The predicted molar refractivity (Wildman–Crippen MR) is 58.9 cm³/mol. The molecule has 0 unspecified atom stereocenters. The third kappa shape index (κ3) is 6.95. The van der Waals surface area contributed by atoms with Gasteiger partial charge in [0.25, 0.3) is 0 Å². The number of ether oxygens (including phenoxy) is 1. The first-order chi connectivity index (χ1) is 8.01. The van der Waals surface area contributed by atoms with Crippen LogP contribution in [0, 0.1) is 12.3 Å². The number of amides is 1. The maximum Gasteiger partial charge on any atom is 0.323 e. The monoisotopic (exact) mass is 241 g/mol. The molecule has 17 heavy (non-hydrogen) atoms. The maximum atomic E-state index is 11.5. The zero-order valence-electron chi connectivity index (χ0n) is 9.64. The molecule has 0 spiro atoms. The molecule has 0 atom stereocenters. The van der Waals surface area contributed by atoms with Gasteiger partial charge in [0.1, 0.15) is 6.54 Å². The first kappa shape index (κ1) is 15.0. The molecular formula is C11H15NO5. The molecule has 0 rings (SSSR count). The smallest absolute Gasteiger partial charge is 0.323 e. The molecule has 1 N–H and O–H groups in total. The van der Waals surface area contributed by atoms with E-state index in [4.69, 9.17) is 11.5 Å². The van der Waals surface area contributed by atoms with Gasteiger partial charge >= 0.3 is 11.9 Å². The van der Waals surface area contributed by atoms with Crippen molar-refractivity contribution in [3.63, 3.8) is 0 Å². The third-order valence-corrected chi connectivity index (χ3v) is 1.81. The van der Waals surface area contributed by atoms with Crippen LogP contribution in [0.3, 0.4) is 0 Å². The highest BCUT2D eigenvalue weighted by atomic mass is 16.5. The molecule has 94 valence electrons. The minimum absolute atomic E-state index is 0.0760. The van der Waals surface area contributed by atoms with E-state index in [2.05, 4.69) is 10.7 Å². The number of esters is 1. The van der Waals surface area contributed by atoms with E-state index in [0.717, 1.165) is 4.90 Å². The summed E-state index contributed by atoms with van der Waals surface area (Å²) in [7, 11) is 0. The molecule has 6 heteroatoms. The lowest BCUT2D eigenvalue weighted by atomic mass is 10.2. The Labute approximate surface area is 99.5 Å². The molecule has 0 saturated heterocycles. The number of hydrogen-bond acceptors (Lipinski definition) is 4. The van der Waals surface area contributed by atoms with Crippen molar-refractivity contribution < 1.29 is 24.2 Å². The molecule has 0 heterocycles. The van der Waals surface area contributed by atoms with E-state index in [1.807, 2.05) is 0 Å². The van der Waals surface area contributed by atoms with E-state index >= 15 is 0 Å². The van der Waals surface area contributed by atoms with Crippen molar-refractivity contribution in [2.45, 2.75) is 19.8 Å². The van der Waals surface area contributed by atoms with E-state index in [1.54, 1.807) is 6.92 Å². The fraction of sp³-hybridized carbons (Fsp3) is 0.545. The number of rotatable bonds is 7. The van der Waals surface area contributed by atoms with Gasteiger partial charge in [-0.3, -0.25) is 14.4 Å². The number of carbonyl (C=O) groups is 3. The number of hydrogen-bond donors (Lipinski definition) is 1. The minimum atomic E-state index is -1.15. The average molecular weight is 241 g/mol. The van der Waals surface area contributed by atoms with Gasteiger partial charge in [-0.25, -0.2) is 0 Å². The zero-order chi connectivity index (χ0) is 13.3. The summed E-state index contributed by atoms with van der Waals surface area (Å²) < 4.78 is 4.65. The molecule has 0 aromatic carbocycles. The van der Waals surface area contributed by atoms with Gasteiger partial charge in [0.2, 0.25) is 5.91 Å². The second-order valence-electron chi connectivity index (χ2n) is 3.15. The van der Waals surface area contributed by atoms with Gasteiger partial charge in [-0.2, -0.15) is 0 Å². The Kier molecular flexibility index (Phi) is 7.19. The molecular weight excluding hydrogens is 226 g/mol. The predicted octanol–water partition coefficient (Wildman–Crippen LogP) is -0.124. The van der Waals surface area contributed by atoms with Crippen molar-refractivity contribution in [2.24, 2.45) is 0 Å². The van der Waals surface area contributed by atoms with Gasteiger partial charge in [-0.1, -0.05) is 5.92 Å². The lowest BCUT2D eigenvalue weighted by Gasteiger charge is -2.17. The molecule has 6 nitrogen and oxygen atoms in total. The number of carboxylic acid groups (broad SMARTS) is 1. The van der Waals surface area contributed by atoms with Crippen LogP contribution in [0.5, 0.6) is 0 Å². The SMILES string of the molecule is C#CCN(CC(=O)O)C(=O)CCC(=O)OCC. The summed E-state index contributed by atoms with van der Waals surface area (Å²) in [6.45, 7) is 1.35. The Hall–Kier alpha value is -2.03. The highest BCUT2D eigenvalue weighted by Crippen LogP contribution is 1.99. The zero-order valence-corrected chi connectivity index (χ0v) is 9.64. The van der Waals surface area contributed by atoms with Crippen LogP contribution in [0.1, 0.15) is 19.8 Å². The van der Waals surface area contributed by atoms with Crippen molar-refractivity contribution in [2.75, 3.05) is 19.7 Å². The Balaban J connectivity index is 4.19. The summed E-state index contributed by atoms with van der Waals surface area (Å²) in [6.07, 6.45) is 4.84. The van der Waals surface area contributed by atoms with Gasteiger partial charge in [-0.05, 0) is 6.92 Å². The fourth-order valence-corrected chi connectivity index (χ4v) is 1.11. The van der Waals surface area contributed by atoms with Crippen LogP contribution in [-0.4, -0.2) is 47.5 Å². The topological polar surface area (TPSA) is 83.9 Å². The van der Waals surface area contributed by atoms with Crippen LogP contribution >= 0.6 is 0 Å². The van der Waals surface area contributed by atoms with Gasteiger partial charge in [0, 0.05) is 6.42 Å². The number of nitrogens with zero attached hydrogens (tertiary/aromatic N) is 1. The lowest BCUT2D eigenvalue weighted by Crippen LogP contribution is -2.36. The van der Waals surface area contributed by atoms with Crippen LogP contribution < -0.4 is 0 Å².